The number of likely N-dealkylation sites (tertiary alicyclic amines) is 1. The number of nitrogens with one attached hydrogen (secondary N) is 1. The number of rotatable bonds is 4. The van der Waals surface area contributed by atoms with Gasteiger partial charge in [-0.05, 0) is 71.9 Å². The van der Waals surface area contributed by atoms with Crippen LogP contribution in [0.1, 0.15) is 58.4 Å². The van der Waals surface area contributed by atoms with Crippen LogP contribution < -0.4 is 5.32 Å². The largest absolute Gasteiger partial charge is 0.444 e. The molecule has 1 saturated heterocycles. The van der Waals surface area contributed by atoms with Crippen molar-refractivity contribution in [1.82, 2.24) is 10.2 Å². The Hall–Kier alpha value is -2.09. The molecule has 2 aliphatic rings. The van der Waals surface area contributed by atoms with Crippen molar-refractivity contribution in [2.45, 2.75) is 81.1 Å². The fourth-order valence-electron chi connectivity index (χ4n) is 4.03. The molecule has 1 aromatic rings. The van der Waals surface area contributed by atoms with E-state index in [9.17, 15) is 18.0 Å². The number of benzene rings is 1. The highest BCUT2D eigenvalue weighted by molar-refractivity contribution is 7.93. The minimum Gasteiger partial charge on any atom is -0.444 e. The van der Waals surface area contributed by atoms with Crippen LogP contribution in [-0.2, 0) is 19.4 Å². The summed E-state index contributed by atoms with van der Waals surface area (Å²) in [6.45, 7) is 8.16. The van der Waals surface area contributed by atoms with Crippen molar-refractivity contribution in [3.8, 4) is 0 Å². The van der Waals surface area contributed by atoms with Crippen molar-refractivity contribution in [3.63, 3.8) is 0 Å². The molecule has 8 heteroatoms. The van der Waals surface area contributed by atoms with Crippen LogP contribution in [0.4, 0.5) is 4.79 Å². The van der Waals surface area contributed by atoms with Gasteiger partial charge in [0.25, 0.3) is 0 Å². The molecule has 1 aliphatic carbocycles. The van der Waals surface area contributed by atoms with Gasteiger partial charge >= 0.3 is 6.09 Å². The summed E-state index contributed by atoms with van der Waals surface area (Å²) in [6, 6.07) is 6.62. The molecule has 0 radical (unpaired) electrons. The van der Waals surface area contributed by atoms with E-state index in [-0.39, 0.29) is 16.8 Å². The van der Waals surface area contributed by atoms with Crippen LogP contribution >= 0.6 is 0 Å². The van der Waals surface area contributed by atoms with Gasteiger partial charge in [-0.25, -0.2) is 13.2 Å². The van der Waals surface area contributed by atoms with Gasteiger partial charge < -0.3 is 15.0 Å². The molecule has 2 amide bonds. The van der Waals surface area contributed by atoms with Gasteiger partial charge in [0.05, 0.1) is 4.90 Å². The van der Waals surface area contributed by atoms with Gasteiger partial charge in [-0.3, -0.25) is 4.79 Å². The molecule has 3 rings (SSSR count). The average molecular weight is 437 g/mol. The predicted octanol–water partition coefficient (Wildman–Crippen LogP) is 3.21. The molecule has 166 valence electrons. The Balaban J connectivity index is 1.66. The number of piperidine rings is 1. The molecule has 1 aromatic carbocycles. The first-order valence-electron chi connectivity index (χ1n) is 10.5. The van der Waals surface area contributed by atoms with E-state index in [1.807, 2.05) is 6.92 Å². The number of carbonyl (C=O) groups excluding carboxylic acids is 2. The number of nitrogens with zero attached hydrogens (tertiary/aromatic N) is 1. The Kier molecular flexibility index (Phi) is 6.18. The van der Waals surface area contributed by atoms with Gasteiger partial charge in [0, 0.05) is 19.1 Å². The number of alkyl carbamates (subject to hydrolysis) is 1. The molecule has 1 aliphatic heterocycles. The first-order valence-corrected chi connectivity index (χ1v) is 12.0. The van der Waals surface area contributed by atoms with Crippen LogP contribution in [0.15, 0.2) is 29.2 Å². The highest BCUT2D eigenvalue weighted by Crippen LogP contribution is 2.44. The fourth-order valence-corrected chi connectivity index (χ4v) is 6.16. The quantitative estimate of drug-likeness (QED) is 0.782. The van der Waals surface area contributed by atoms with Crippen LogP contribution in [0.2, 0.25) is 0 Å². The highest BCUT2D eigenvalue weighted by Gasteiger charge is 2.57. The van der Waals surface area contributed by atoms with Gasteiger partial charge in [-0.2, -0.15) is 0 Å². The van der Waals surface area contributed by atoms with Crippen molar-refractivity contribution in [1.29, 1.82) is 0 Å². The number of hydrogen-bond donors (Lipinski definition) is 1. The molecule has 0 spiro atoms. The van der Waals surface area contributed by atoms with Crippen molar-refractivity contribution in [2.24, 2.45) is 0 Å². The summed E-state index contributed by atoms with van der Waals surface area (Å²) in [5.74, 6) is -0.301. The molecule has 0 bridgehead atoms. The molecule has 2 fully saturated rings. The molecule has 7 nitrogen and oxygen atoms in total. The smallest absolute Gasteiger partial charge is 0.407 e. The molecule has 1 heterocycles. The lowest BCUT2D eigenvalue weighted by Gasteiger charge is -2.44. The number of carbonyl (C=O) groups is 2. The Morgan fingerprint density at radius 1 is 1.10 bits per heavy atom. The van der Waals surface area contributed by atoms with Gasteiger partial charge in [-0.15, -0.1) is 0 Å². The van der Waals surface area contributed by atoms with E-state index < -0.39 is 26.3 Å². The van der Waals surface area contributed by atoms with E-state index in [4.69, 9.17) is 4.74 Å². The molecule has 0 unspecified atom stereocenters. The second-order valence-electron chi connectivity index (χ2n) is 9.38. The van der Waals surface area contributed by atoms with E-state index in [1.165, 1.54) is 0 Å². The minimum absolute atomic E-state index is 0.0880. The highest BCUT2D eigenvalue weighted by atomic mass is 32.2. The maximum Gasteiger partial charge on any atom is 0.407 e. The van der Waals surface area contributed by atoms with E-state index in [1.54, 1.807) is 49.9 Å². The second-order valence-corrected chi connectivity index (χ2v) is 11.6. The van der Waals surface area contributed by atoms with Crippen LogP contribution in [0, 0.1) is 6.92 Å². The summed E-state index contributed by atoms with van der Waals surface area (Å²) in [7, 11) is -3.76. The molecule has 1 N–H and O–H groups in total. The van der Waals surface area contributed by atoms with Crippen molar-refractivity contribution < 1.29 is 22.7 Å². The molecule has 30 heavy (non-hydrogen) atoms. The topological polar surface area (TPSA) is 92.8 Å². The summed E-state index contributed by atoms with van der Waals surface area (Å²) in [5.41, 5.74) is 0.407. The molecule has 1 saturated carbocycles. The van der Waals surface area contributed by atoms with Gasteiger partial charge in [0.1, 0.15) is 5.60 Å². The zero-order chi connectivity index (χ0) is 22.2. The molecule has 0 atom stereocenters. The fraction of sp³-hybridized carbons (Fsp3) is 0.636. The second kappa shape index (κ2) is 8.21. The SMILES string of the molecule is Cc1ccc(S(=O)(=O)C2(C(=O)N3CCC(NC(=O)OC(C)(C)C)CC3)CCC2)cc1. The third-order valence-electron chi connectivity index (χ3n) is 5.90. The zero-order valence-electron chi connectivity index (χ0n) is 18.2. The zero-order valence-corrected chi connectivity index (χ0v) is 19.0. The Bertz CT molecular complexity index is 890. The summed E-state index contributed by atoms with van der Waals surface area (Å²) in [4.78, 5) is 27.2. The first-order chi connectivity index (χ1) is 13.9. The Morgan fingerprint density at radius 3 is 2.13 bits per heavy atom. The van der Waals surface area contributed by atoms with Crippen LogP contribution in [-0.4, -0.2) is 54.8 Å². The van der Waals surface area contributed by atoms with Crippen LogP contribution in [0.3, 0.4) is 0 Å². The van der Waals surface area contributed by atoms with Gasteiger partial charge in [0.15, 0.2) is 14.6 Å². The van der Waals surface area contributed by atoms with Gasteiger partial charge in [-0.1, -0.05) is 17.7 Å². The number of amides is 2. The lowest BCUT2D eigenvalue weighted by molar-refractivity contribution is -0.137. The number of aryl methyl sites for hydroxylation is 1. The lowest BCUT2D eigenvalue weighted by atomic mass is 9.82. The predicted molar refractivity (Wildman–Crippen MR) is 114 cm³/mol. The van der Waals surface area contributed by atoms with E-state index >= 15 is 0 Å². The van der Waals surface area contributed by atoms with Crippen molar-refractivity contribution in [2.75, 3.05) is 13.1 Å². The van der Waals surface area contributed by atoms with Crippen molar-refractivity contribution >= 4 is 21.8 Å². The summed E-state index contributed by atoms with van der Waals surface area (Å²) >= 11 is 0. The Morgan fingerprint density at radius 2 is 1.67 bits per heavy atom. The van der Waals surface area contributed by atoms with Gasteiger partial charge in [0.2, 0.25) is 5.91 Å². The first kappa shape index (κ1) is 22.6. The standard InChI is InChI=1S/C22H32N2O5S/c1-16-6-8-18(9-7-16)30(27,28)22(12-5-13-22)19(25)24-14-10-17(11-15-24)23-20(26)29-21(2,3)4/h6-9,17H,5,10-15H2,1-4H3,(H,23,26). The Labute approximate surface area is 179 Å². The third-order valence-corrected chi connectivity index (χ3v) is 8.40. The normalized spacial score (nSPS) is 19.7. The molecule has 0 aromatic heterocycles. The van der Waals surface area contributed by atoms with E-state index in [0.29, 0.717) is 38.8 Å². The minimum atomic E-state index is -3.76. The van der Waals surface area contributed by atoms with Crippen molar-refractivity contribution in [3.05, 3.63) is 29.8 Å². The average Bonchev–Trinajstić information content (AvgIpc) is 2.59. The van der Waals surface area contributed by atoms with E-state index in [0.717, 1.165) is 12.0 Å². The monoisotopic (exact) mass is 436 g/mol. The third kappa shape index (κ3) is 4.48. The van der Waals surface area contributed by atoms with Crippen LogP contribution in [0.25, 0.3) is 0 Å². The number of hydrogen-bond acceptors (Lipinski definition) is 5. The maximum absolute atomic E-state index is 13.4. The lowest BCUT2D eigenvalue weighted by Crippen LogP contribution is -2.60. The summed E-state index contributed by atoms with van der Waals surface area (Å²) in [5, 5.41) is 2.85. The van der Waals surface area contributed by atoms with Crippen LogP contribution in [0.5, 0.6) is 0 Å². The molecular formula is C22H32N2O5S. The molecular weight excluding hydrogens is 404 g/mol. The number of ether oxygens (including phenoxy) is 1. The van der Waals surface area contributed by atoms with E-state index in [2.05, 4.69) is 5.32 Å². The summed E-state index contributed by atoms with van der Waals surface area (Å²) in [6.07, 6.45) is 2.13. The maximum atomic E-state index is 13.4. The number of sulfone groups is 1. The summed E-state index contributed by atoms with van der Waals surface area (Å²) < 4.78 is 30.6.